The fourth-order valence-electron chi connectivity index (χ4n) is 1.96. The fraction of sp³-hybridized carbons (Fsp3) is 0.353. The molecule has 0 saturated heterocycles. The van der Waals surface area contributed by atoms with Crippen LogP contribution in [0.5, 0.6) is 5.75 Å². The van der Waals surface area contributed by atoms with Crippen molar-refractivity contribution in [3.05, 3.63) is 35.1 Å². The predicted molar refractivity (Wildman–Crippen MR) is 97.1 cm³/mol. The number of aliphatic hydroxyl groups excluding tert-OH is 1. The molecule has 144 valence electrons. The van der Waals surface area contributed by atoms with Crippen molar-refractivity contribution in [1.29, 1.82) is 10.5 Å². The van der Waals surface area contributed by atoms with Gasteiger partial charge in [0.15, 0.2) is 11.9 Å². The highest BCUT2D eigenvalue weighted by molar-refractivity contribution is 7.53. The molecular formula is C17H20N3O6P. The van der Waals surface area contributed by atoms with Crippen LogP contribution in [0.25, 0.3) is 0 Å². The lowest BCUT2D eigenvalue weighted by molar-refractivity contribution is -0.112. The third-order valence-corrected chi connectivity index (χ3v) is 4.84. The minimum absolute atomic E-state index is 0.0538. The van der Waals surface area contributed by atoms with Gasteiger partial charge >= 0.3 is 7.60 Å². The molecule has 1 aromatic carbocycles. The van der Waals surface area contributed by atoms with Crippen molar-refractivity contribution in [2.75, 3.05) is 24.9 Å². The molecule has 0 aliphatic heterocycles. The number of carbonyl (C=O) groups is 1. The molecule has 0 heterocycles. The van der Waals surface area contributed by atoms with Gasteiger partial charge in [-0.3, -0.25) is 9.36 Å². The van der Waals surface area contributed by atoms with Gasteiger partial charge in [-0.2, -0.15) is 10.5 Å². The highest BCUT2D eigenvalue weighted by Crippen LogP contribution is 2.48. The van der Waals surface area contributed by atoms with E-state index in [1.54, 1.807) is 19.9 Å². The SMILES string of the molecule is CCOP(=O)(COc1cc(NC(=O)/C(C#N)=C(\C)O)ccc1C#N)OCC. The quantitative estimate of drug-likeness (QED) is 0.281. The summed E-state index contributed by atoms with van der Waals surface area (Å²) in [6.45, 7) is 4.85. The number of aliphatic hydroxyl groups is 1. The van der Waals surface area contributed by atoms with Crippen LogP contribution in [-0.2, 0) is 18.4 Å². The summed E-state index contributed by atoms with van der Waals surface area (Å²) in [5.74, 6) is -1.19. The molecule has 0 aliphatic carbocycles. The van der Waals surface area contributed by atoms with Crippen molar-refractivity contribution in [3.63, 3.8) is 0 Å². The number of ether oxygens (including phenoxy) is 1. The van der Waals surface area contributed by atoms with Crippen LogP contribution < -0.4 is 10.1 Å². The van der Waals surface area contributed by atoms with Crippen LogP contribution >= 0.6 is 7.60 Å². The third-order valence-electron chi connectivity index (χ3n) is 3.09. The van der Waals surface area contributed by atoms with Crippen molar-refractivity contribution in [2.45, 2.75) is 20.8 Å². The maximum absolute atomic E-state index is 12.5. The van der Waals surface area contributed by atoms with Gasteiger partial charge in [0.05, 0.1) is 18.8 Å². The number of anilines is 1. The highest BCUT2D eigenvalue weighted by atomic mass is 31.2. The summed E-state index contributed by atoms with van der Waals surface area (Å²) in [4.78, 5) is 12.0. The van der Waals surface area contributed by atoms with Gasteiger partial charge in [0.2, 0.25) is 0 Å². The molecule has 0 atom stereocenters. The van der Waals surface area contributed by atoms with E-state index < -0.39 is 31.2 Å². The lowest BCUT2D eigenvalue weighted by Gasteiger charge is -2.18. The lowest BCUT2D eigenvalue weighted by Crippen LogP contribution is -2.15. The summed E-state index contributed by atoms with van der Waals surface area (Å²) < 4.78 is 28.1. The molecule has 1 aromatic rings. The lowest BCUT2D eigenvalue weighted by atomic mass is 10.2. The number of rotatable bonds is 9. The van der Waals surface area contributed by atoms with Gasteiger partial charge in [0, 0.05) is 11.8 Å². The number of hydrogen-bond donors (Lipinski definition) is 2. The maximum atomic E-state index is 12.5. The van der Waals surface area contributed by atoms with Crippen LogP contribution in [0.2, 0.25) is 0 Å². The minimum Gasteiger partial charge on any atom is -0.511 e. The summed E-state index contributed by atoms with van der Waals surface area (Å²) in [7, 11) is -3.49. The standard InChI is InChI=1S/C17H20N3O6P/c1-4-25-27(23,26-5-2)11-24-16-8-14(7-6-13(16)9-18)20-17(22)15(10-19)12(3)21/h6-8,21H,4-5,11H2,1-3H3,(H,20,22)/b15-12+. The first kappa shape index (κ1) is 22.2. The Morgan fingerprint density at radius 3 is 2.37 bits per heavy atom. The second-order valence-corrected chi connectivity index (χ2v) is 7.07. The Balaban J connectivity index is 3.05. The van der Waals surface area contributed by atoms with Crippen LogP contribution in [-0.4, -0.2) is 30.6 Å². The first-order chi connectivity index (χ1) is 12.8. The van der Waals surface area contributed by atoms with E-state index in [0.717, 1.165) is 0 Å². The summed E-state index contributed by atoms with van der Waals surface area (Å²) in [6, 6.07) is 7.66. The van der Waals surface area contributed by atoms with Gasteiger partial charge in [0.1, 0.15) is 23.6 Å². The molecule has 1 rings (SSSR count). The van der Waals surface area contributed by atoms with Crippen LogP contribution in [0.15, 0.2) is 29.5 Å². The molecule has 0 aliphatic rings. The Bertz CT molecular complexity index is 839. The number of nitriles is 2. The molecule has 9 nitrogen and oxygen atoms in total. The predicted octanol–water partition coefficient (Wildman–Crippen LogP) is 3.45. The van der Waals surface area contributed by atoms with Crippen LogP contribution in [0, 0.1) is 22.7 Å². The normalized spacial score (nSPS) is 11.7. The van der Waals surface area contributed by atoms with E-state index in [1.165, 1.54) is 25.1 Å². The molecule has 1 amide bonds. The highest BCUT2D eigenvalue weighted by Gasteiger charge is 2.25. The molecular weight excluding hydrogens is 373 g/mol. The summed E-state index contributed by atoms with van der Waals surface area (Å²) in [6.07, 6.45) is -0.417. The summed E-state index contributed by atoms with van der Waals surface area (Å²) in [5, 5.41) is 29.9. The first-order valence-corrected chi connectivity index (χ1v) is 9.69. The average molecular weight is 393 g/mol. The van der Waals surface area contributed by atoms with E-state index >= 15 is 0 Å². The van der Waals surface area contributed by atoms with Crippen molar-refractivity contribution in [3.8, 4) is 17.9 Å². The maximum Gasteiger partial charge on any atom is 0.367 e. The molecule has 27 heavy (non-hydrogen) atoms. The van der Waals surface area contributed by atoms with Crippen molar-refractivity contribution in [1.82, 2.24) is 0 Å². The Hall–Kier alpha value is -2.84. The first-order valence-electron chi connectivity index (χ1n) is 7.96. The Morgan fingerprint density at radius 1 is 1.26 bits per heavy atom. The fourth-order valence-corrected chi connectivity index (χ4v) is 3.26. The van der Waals surface area contributed by atoms with Crippen molar-refractivity contribution < 1.29 is 28.3 Å². The Morgan fingerprint density at radius 2 is 1.89 bits per heavy atom. The zero-order valence-corrected chi connectivity index (χ0v) is 16.1. The van der Waals surface area contributed by atoms with E-state index in [-0.39, 0.29) is 30.2 Å². The average Bonchev–Trinajstić information content (AvgIpc) is 2.61. The molecule has 0 bridgehead atoms. The summed E-state index contributed by atoms with van der Waals surface area (Å²) >= 11 is 0. The smallest absolute Gasteiger partial charge is 0.367 e. The van der Waals surface area contributed by atoms with Gasteiger partial charge in [-0.05, 0) is 32.9 Å². The second kappa shape index (κ2) is 10.3. The minimum atomic E-state index is -3.49. The van der Waals surface area contributed by atoms with Gasteiger partial charge in [-0.25, -0.2) is 0 Å². The molecule has 0 radical (unpaired) electrons. The van der Waals surface area contributed by atoms with Gasteiger partial charge < -0.3 is 24.2 Å². The number of hydrogen-bond acceptors (Lipinski definition) is 8. The van der Waals surface area contributed by atoms with E-state index in [9.17, 15) is 19.7 Å². The van der Waals surface area contributed by atoms with E-state index in [0.29, 0.717) is 0 Å². The number of benzene rings is 1. The molecule has 2 N–H and O–H groups in total. The monoisotopic (exact) mass is 393 g/mol. The molecule has 0 saturated carbocycles. The van der Waals surface area contributed by atoms with E-state index in [4.69, 9.17) is 19.0 Å². The molecule has 0 aromatic heterocycles. The van der Waals surface area contributed by atoms with Crippen molar-refractivity contribution in [2.24, 2.45) is 0 Å². The topological polar surface area (TPSA) is 142 Å². The van der Waals surface area contributed by atoms with Crippen molar-refractivity contribution >= 4 is 19.2 Å². The zero-order valence-electron chi connectivity index (χ0n) is 15.2. The number of allylic oxidation sites excluding steroid dienone is 1. The van der Waals surface area contributed by atoms with Gasteiger partial charge in [0.25, 0.3) is 5.91 Å². The molecule has 10 heteroatoms. The number of nitrogens with one attached hydrogen (secondary N) is 1. The third kappa shape index (κ3) is 6.43. The second-order valence-electron chi connectivity index (χ2n) is 5.07. The Kier molecular flexibility index (Phi) is 8.50. The zero-order chi connectivity index (χ0) is 20.4. The largest absolute Gasteiger partial charge is 0.511 e. The molecule has 0 spiro atoms. The Labute approximate surface area is 157 Å². The number of amides is 1. The van der Waals surface area contributed by atoms with Crippen LogP contribution in [0.3, 0.4) is 0 Å². The van der Waals surface area contributed by atoms with Gasteiger partial charge in [-0.1, -0.05) is 0 Å². The molecule has 0 unspecified atom stereocenters. The van der Waals surface area contributed by atoms with E-state index in [1.807, 2.05) is 6.07 Å². The van der Waals surface area contributed by atoms with E-state index in [2.05, 4.69) is 5.32 Å². The number of nitrogens with zero attached hydrogens (tertiary/aromatic N) is 2. The van der Waals surface area contributed by atoms with Crippen LogP contribution in [0.4, 0.5) is 5.69 Å². The van der Waals surface area contributed by atoms with Gasteiger partial charge in [-0.15, -0.1) is 0 Å². The number of carbonyl (C=O) groups excluding carboxylic acids is 1. The molecule has 0 fully saturated rings. The summed E-state index contributed by atoms with van der Waals surface area (Å²) in [5.41, 5.74) is -0.0911. The van der Waals surface area contributed by atoms with Crippen LogP contribution in [0.1, 0.15) is 26.3 Å².